The van der Waals surface area contributed by atoms with Gasteiger partial charge in [-0.05, 0) is 13.8 Å². The first kappa shape index (κ1) is 13.3. The van der Waals surface area contributed by atoms with Gasteiger partial charge in [-0.15, -0.1) is 11.3 Å². The number of aromatic nitrogens is 4. The van der Waals surface area contributed by atoms with Crippen LogP contribution in [-0.2, 0) is 13.5 Å². The molecular formula is C13H18N6S. The van der Waals surface area contributed by atoms with E-state index in [1.165, 1.54) is 0 Å². The van der Waals surface area contributed by atoms with Crippen LogP contribution in [0.3, 0.4) is 0 Å². The summed E-state index contributed by atoms with van der Waals surface area (Å²) in [5.41, 5.74) is 7.23. The SMILES string of the molecule is Cc1nn(C)c(C)c1C(Cc1cn2ccsc2n1)NN. The van der Waals surface area contributed by atoms with Crippen molar-refractivity contribution in [3.05, 3.63) is 40.4 Å². The standard InChI is InChI=1S/C13H18N6S/c1-8-12(9(2)18(3)17-8)11(16-14)6-10-7-19-4-5-20-13(19)15-10/h4-5,7,11,16H,6,14H2,1-3H3. The van der Waals surface area contributed by atoms with Crippen LogP contribution >= 0.6 is 11.3 Å². The maximum absolute atomic E-state index is 5.75. The Kier molecular flexibility index (Phi) is 3.33. The van der Waals surface area contributed by atoms with Gasteiger partial charge in [0.15, 0.2) is 4.96 Å². The zero-order chi connectivity index (χ0) is 14.3. The van der Waals surface area contributed by atoms with E-state index in [2.05, 4.69) is 28.6 Å². The lowest BCUT2D eigenvalue weighted by Gasteiger charge is -2.15. The van der Waals surface area contributed by atoms with Crippen LogP contribution < -0.4 is 11.3 Å². The van der Waals surface area contributed by atoms with Gasteiger partial charge in [0, 0.05) is 42.5 Å². The molecule has 0 saturated carbocycles. The van der Waals surface area contributed by atoms with Crippen molar-refractivity contribution >= 4 is 16.3 Å². The average molecular weight is 290 g/mol. The van der Waals surface area contributed by atoms with Crippen LogP contribution in [-0.4, -0.2) is 19.2 Å². The number of fused-ring (bicyclic) bond motifs is 1. The molecule has 6 nitrogen and oxygen atoms in total. The quantitative estimate of drug-likeness (QED) is 0.564. The summed E-state index contributed by atoms with van der Waals surface area (Å²) in [6.45, 7) is 4.07. The molecule has 1 atom stereocenters. The van der Waals surface area contributed by atoms with E-state index in [0.29, 0.717) is 0 Å². The van der Waals surface area contributed by atoms with Crippen LogP contribution in [0.15, 0.2) is 17.8 Å². The third kappa shape index (κ3) is 2.13. The predicted molar refractivity (Wildman–Crippen MR) is 79.5 cm³/mol. The van der Waals surface area contributed by atoms with Crippen LogP contribution in [0.1, 0.15) is 28.7 Å². The number of hydrogen-bond acceptors (Lipinski definition) is 5. The smallest absolute Gasteiger partial charge is 0.193 e. The Morgan fingerprint density at radius 1 is 1.45 bits per heavy atom. The molecule has 0 spiro atoms. The highest BCUT2D eigenvalue weighted by Gasteiger charge is 2.20. The number of rotatable bonds is 4. The van der Waals surface area contributed by atoms with Crippen molar-refractivity contribution in [1.29, 1.82) is 0 Å². The molecule has 3 aromatic rings. The van der Waals surface area contributed by atoms with Crippen molar-refractivity contribution in [2.24, 2.45) is 12.9 Å². The van der Waals surface area contributed by atoms with Crippen molar-refractivity contribution in [2.45, 2.75) is 26.3 Å². The lowest BCUT2D eigenvalue weighted by molar-refractivity contribution is 0.541. The maximum atomic E-state index is 5.75. The molecule has 0 radical (unpaired) electrons. The van der Waals surface area contributed by atoms with E-state index in [4.69, 9.17) is 5.84 Å². The van der Waals surface area contributed by atoms with Crippen LogP contribution in [0.25, 0.3) is 4.96 Å². The van der Waals surface area contributed by atoms with Crippen LogP contribution in [0.5, 0.6) is 0 Å². The number of nitrogens with zero attached hydrogens (tertiary/aromatic N) is 4. The second-order valence-electron chi connectivity index (χ2n) is 4.96. The first-order valence-corrected chi connectivity index (χ1v) is 7.35. The van der Waals surface area contributed by atoms with E-state index in [1.54, 1.807) is 11.3 Å². The molecular weight excluding hydrogens is 272 g/mol. The van der Waals surface area contributed by atoms with E-state index >= 15 is 0 Å². The summed E-state index contributed by atoms with van der Waals surface area (Å²) >= 11 is 1.63. The zero-order valence-corrected chi connectivity index (χ0v) is 12.6. The van der Waals surface area contributed by atoms with E-state index in [0.717, 1.165) is 34.0 Å². The zero-order valence-electron chi connectivity index (χ0n) is 11.8. The molecule has 20 heavy (non-hydrogen) atoms. The topological polar surface area (TPSA) is 73.2 Å². The largest absolute Gasteiger partial charge is 0.297 e. The average Bonchev–Trinajstić information content (AvgIpc) is 3.03. The fourth-order valence-corrected chi connectivity index (χ4v) is 3.34. The highest BCUT2D eigenvalue weighted by atomic mass is 32.1. The Balaban J connectivity index is 1.92. The normalized spacial score (nSPS) is 13.2. The molecule has 3 rings (SSSR count). The second-order valence-corrected chi connectivity index (χ2v) is 5.83. The molecule has 0 aliphatic heterocycles. The van der Waals surface area contributed by atoms with E-state index in [9.17, 15) is 0 Å². The summed E-state index contributed by atoms with van der Waals surface area (Å²) < 4.78 is 3.93. The first-order chi connectivity index (χ1) is 9.60. The molecule has 7 heteroatoms. The summed E-state index contributed by atoms with van der Waals surface area (Å²) in [6.07, 6.45) is 4.82. The minimum atomic E-state index is 0.0216. The van der Waals surface area contributed by atoms with Gasteiger partial charge >= 0.3 is 0 Å². The molecule has 3 N–H and O–H groups in total. The fraction of sp³-hybridized carbons (Fsp3) is 0.385. The van der Waals surface area contributed by atoms with E-state index in [-0.39, 0.29) is 6.04 Å². The highest BCUT2D eigenvalue weighted by molar-refractivity contribution is 7.15. The van der Waals surface area contributed by atoms with Crippen molar-refractivity contribution in [3.8, 4) is 0 Å². The number of imidazole rings is 1. The van der Waals surface area contributed by atoms with Gasteiger partial charge in [-0.2, -0.15) is 5.10 Å². The van der Waals surface area contributed by atoms with Gasteiger partial charge in [-0.25, -0.2) is 4.98 Å². The molecule has 0 aliphatic rings. The third-order valence-corrected chi connectivity index (χ3v) is 4.44. The van der Waals surface area contributed by atoms with Crippen LogP contribution in [0.4, 0.5) is 0 Å². The summed E-state index contributed by atoms with van der Waals surface area (Å²) in [5.74, 6) is 5.75. The van der Waals surface area contributed by atoms with Gasteiger partial charge in [0.1, 0.15) is 0 Å². The predicted octanol–water partition coefficient (Wildman–Crippen LogP) is 1.49. The van der Waals surface area contributed by atoms with Gasteiger partial charge in [-0.1, -0.05) is 0 Å². The Morgan fingerprint density at radius 2 is 2.25 bits per heavy atom. The van der Waals surface area contributed by atoms with Gasteiger partial charge in [0.25, 0.3) is 0 Å². The van der Waals surface area contributed by atoms with Crippen molar-refractivity contribution in [2.75, 3.05) is 0 Å². The monoisotopic (exact) mass is 290 g/mol. The Hall–Kier alpha value is -1.70. The van der Waals surface area contributed by atoms with Crippen LogP contribution in [0, 0.1) is 13.8 Å². The minimum Gasteiger partial charge on any atom is -0.297 e. The molecule has 0 bridgehead atoms. The Morgan fingerprint density at radius 3 is 2.85 bits per heavy atom. The number of nitrogens with one attached hydrogen (secondary N) is 1. The lowest BCUT2D eigenvalue weighted by Crippen LogP contribution is -2.30. The Bertz CT molecular complexity index is 709. The summed E-state index contributed by atoms with van der Waals surface area (Å²) in [5, 5.41) is 6.48. The van der Waals surface area contributed by atoms with Gasteiger partial charge in [-0.3, -0.25) is 20.4 Å². The molecule has 3 aromatic heterocycles. The van der Waals surface area contributed by atoms with Crippen molar-refractivity contribution in [1.82, 2.24) is 24.6 Å². The fourth-order valence-electron chi connectivity index (χ4n) is 2.62. The second kappa shape index (κ2) is 5.01. The molecule has 0 saturated heterocycles. The molecule has 0 amide bonds. The van der Waals surface area contributed by atoms with Crippen molar-refractivity contribution < 1.29 is 0 Å². The molecule has 0 fully saturated rings. The number of hydrazine groups is 1. The number of nitrogens with two attached hydrogens (primary N) is 1. The number of thiazole rings is 1. The molecule has 0 aromatic carbocycles. The number of hydrogen-bond donors (Lipinski definition) is 2. The molecule has 0 aliphatic carbocycles. The highest BCUT2D eigenvalue weighted by Crippen LogP contribution is 2.24. The van der Waals surface area contributed by atoms with Gasteiger partial charge in [0.2, 0.25) is 0 Å². The lowest BCUT2D eigenvalue weighted by atomic mass is 10.0. The van der Waals surface area contributed by atoms with E-state index < -0.39 is 0 Å². The maximum Gasteiger partial charge on any atom is 0.193 e. The first-order valence-electron chi connectivity index (χ1n) is 6.47. The summed E-state index contributed by atoms with van der Waals surface area (Å²) in [6, 6.07) is 0.0216. The summed E-state index contributed by atoms with van der Waals surface area (Å²) in [7, 11) is 1.95. The number of aryl methyl sites for hydroxylation is 2. The van der Waals surface area contributed by atoms with Crippen molar-refractivity contribution in [3.63, 3.8) is 0 Å². The third-order valence-electron chi connectivity index (χ3n) is 3.67. The molecule has 106 valence electrons. The van der Waals surface area contributed by atoms with Gasteiger partial charge in [0.05, 0.1) is 17.4 Å². The minimum absolute atomic E-state index is 0.0216. The molecule has 1 unspecified atom stereocenters. The summed E-state index contributed by atoms with van der Waals surface area (Å²) in [4.78, 5) is 5.62. The van der Waals surface area contributed by atoms with E-state index in [1.807, 2.05) is 34.6 Å². The van der Waals surface area contributed by atoms with Gasteiger partial charge < -0.3 is 0 Å². The Labute approximate surface area is 121 Å². The van der Waals surface area contributed by atoms with Crippen LogP contribution in [0.2, 0.25) is 0 Å². The molecule has 3 heterocycles.